The molecule has 2 atom stereocenters. The lowest BCUT2D eigenvalue weighted by Crippen LogP contribution is -3.12. The highest BCUT2D eigenvalue weighted by atomic mass is 16.3. The maximum atomic E-state index is 10.7. The molecule has 2 aromatic carbocycles. The molecule has 3 heteroatoms. The number of nitrogens with one attached hydrogen (secondary N) is 2. The summed E-state index contributed by atoms with van der Waals surface area (Å²) in [5.74, 6) is 0. The molecule has 0 radical (unpaired) electrons. The van der Waals surface area contributed by atoms with Crippen LogP contribution in [0, 0.1) is 0 Å². The second kappa shape index (κ2) is 5.59. The molecular formula is C19H21N2O+. The maximum Gasteiger partial charge on any atom is 0.130 e. The van der Waals surface area contributed by atoms with Gasteiger partial charge in [0.1, 0.15) is 19.2 Å². The molecule has 0 amide bonds. The third-order valence-corrected chi connectivity index (χ3v) is 4.77. The van der Waals surface area contributed by atoms with Gasteiger partial charge in [-0.25, -0.2) is 0 Å². The number of para-hydroxylation sites is 1. The predicted molar refractivity (Wildman–Crippen MR) is 87.8 cm³/mol. The molecule has 0 aliphatic carbocycles. The standard InChI is InChI=1S/C19H20N2O/c22-19(17-11-20-18-8-4-3-7-16(17)18)13-21-10-9-14-5-1-2-6-15(14)12-21/h1-8,11,19-20,22H,9-10,12-13H2/p+1/t19-/m0/s1. The molecule has 1 aliphatic rings. The number of aliphatic hydroxyl groups excluding tert-OH is 1. The number of aliphatic hydroxyl groups is 1. The van der Waals surface area contributed by atoms with E-state index in [-0.39, 0.29) is 0 Å². The van der Waals surface area contributed by atoms with Gasteiger partial charge >= 0.3 is 0 Å². The van der Waals surface area contributed by atoms with Crippen LogP contribution in [0.3, 0.4) is 0 Å². The average molecular weight is 293 g/mol. The molecule has 2 heterocycles. The van der Waals surface area contributed by atoms with Crippen molar-refractivity contribution < 1.29 is 10.0 Å². The fourth-order valence-corrected chi connectivity index (χ4v) is 3.57. The van der Waals surface area contributed by atoms with Gasteiger partial charge < -0.3 is 15.0 Å². The molecule has 22 heavy (non-hydrogen) atoms. The van der Waals surface area contributed by atoms with E-state index in [2.05, 4.69) is 41.4 Å². The van der Waals surface area contributed by atoms with Crippen LogP contribution >= 0.6 is 0 Å². The van der Waals surface area contributed by atoms with Gasteiger partial charge in [-0.1, -0.05) is 42.5 Å². The number of quaternary nitrogens is 1. The highest BCUT2D eigenvalue weighted by Gasteiger charge is 2.23. The summed E-state index contributed by atoms with van der Waals surface area (Å²) in [4.78, 5) is 4.71. The predicted octanol–water partition coefficient (Wildman–Crippen LogP) is 1.84. The summed E-state index contributed by atoms with van der Waals surface area (Å²) < 4.78 is 0. The Morgan fingerprint density at radius 2 is 1.82 bits per heavy atom. The number of aromatic amines is 1. The summed E-state index contributed by atoms with van der Waals surface area (Å²) >= 11 is 0. The minimum absolute atomic E-state index is 0.420. The zero-order valence-electron chi connectivity index (χ0n) is 12.5. The Bertz CT molecular complexity index is 793. The van der Waals surface area contributed by atoms with Crippen molar-refractivity contribution >= 4 is 10.9 Å². The number of benzene rings is 2. The second-order valence-electron chi connectivity index (χ2n) is 6.21. The van der Waals surface area contributed by atoms with E-state index in [1.54, 1.807) is 0 Å². The quantitative estimate of drug-likeness (QED) is 0.677. The van der Waals surface area contributed by atoms with Crippen LogP contribution in [-0.2, 0) is 13.0 Å². The maximum absolute atomic E-state index is 10.7. The lowest BCUT2D eigenvalue weighted by molar-refractivity contribution is -0.919. The summed E-state index contributed by atoms with van der Waals surface area (Å²) in [6.07, 6.45) is 2.63. The van der Waals surface area contributed by atoms with E-state index in [0.29, 0.717) is 0 Å². The van der Waals surface area contributed by atoms with Crippen molar-refractivity contribution in [1.82, 2.24) is 4.98 Å². The summed E-state index contributed by atoms with van der Waals surface area (Å²) in [5.41, 5.74) is 5.00. The second-order valence-corrected chi connectivity index (χ2v) is 6.21. The first kappa shape index (κ1) is 13.6. The normalized spacial score (nSPS) is 19.0. The first-order valence-electron chi connectivity index (χ1n) is 7.95. The first-order valence-corrected chi connectivity index (χ1v) is 7.95. The average Bonchev–Trinajstić information content (AvgIpc) is 2.99. The largest absolute Gasteiger partial charge is 0.382 e. The number of hydrogen-bond donors (Lipinski definition) is 3. The van der Waals surface area contributed by atoms with Crippen LogP contribution in [0.2, 0.25) is 0 Å². The smallest absolute Gasteiger partial charge is 0.130 e. The van der Waals surface area contributed by atoms with Crippen LogP contribution in [0.15, 0.2) is 54.7 Å². The molecule has 0 spiro atoms. The molecule has 1 unspecified atom stereocenters. The Balaban J connectivity index is 1.52. The lowest BCUT2D eigenvalue weighted by atomic mass is 9.99. The Hall–Kier alpha value is -2.10. The highest BCUT2D eigenvalue weighted by molar-refractivity contribution is 5.83. The Morgan fingerprint density at radius 3 is 2.73 bits per heavy atom. The minimum Gasteiger partial charge on any atom is -0.382 e. The van der Waals surface area contributed by atoms with E-state index < -0.39 is 6.10 Å². The van der Waals surface area contributed by atoms with Crippen LogP contribution in [-0.4, -0.2) is 23.2 Å². The number of hydrogen-bond acceptors (Lipinski definition) is 1. The van der Waals surface area contributed by atoms with Gasteiger partial charge in [-0.15, -0.1) is 0 Å². The van der Waals surface area contributed by atoms with Crippen molar-refractivity contribution in [3.63, 3.8) is 0 Å². The van der Waals surface area contributed by atoms with Crippen molar-refractivity contribution in [3.8, 4) is 0 Å². The summed E-state index contributed by atoms with van der Waals surface area (Å²) in [7, 11) is 0. The fraction of sp³-hybridized carbons (Fsp3) is 0.263. The van der Waals surface area contributed by atoms with E-state index in [0.717, 1.165) is 42.5 Å². The first-order chi connectivity index (χ1) is 10.8. The number of H-pyrrole nitrogens is 1. The van der Waals surface area contributed by atoms with E-state index >= 15 is 0 Å². The van der Waals surface area contributed by atoms with Crippen molar-refractivity contribution in [2.24, 2.45) is 0 Å². The number of aromatic nitrogens is 1. The van der Waals surface area contributed by atoms with Crippen molar-refractivity contribution in [1.29, 1.82) is 0 Å². The van der Waals surface area contributed by atoms with Crippen LogP contribution in [0.1, 0.15) is 22.8 Å². The van der Waals surface area contributed by atoms with Crippen molar-refractivity contribution in [2.45, 2.75) is 19.1 Å². The molecule has 1 aliphatic heterocycles. The van der Waals surface area contributed by atoms with E-state index in [1.807, 2.05) is 18.3 Å². The van der Waals surface area contributed by atoms with Gasteiger partial charge in [0, 0.05) is 34.6 Å². The summed E-state index contributed by atoms with van der Waals surface area (Å²) in [6, 6.07) is 16.8. The monoisotopic (exact) mass is 293 g/mol. The van der Waals surface area contributed by atoms with E-state index in [9.17, 15) is 5.11 Å². The van der Waals surface area contributed by atoms with Gasteiger partial charge in [0.15, 0.2) is 0 Å². The van der Waals surface area contributed by atoms with Gasteiger partial charge in [-0.2, -0.15) is 0 Å². The van der Waals surface area contributed by atoms with E-state index in [4.69, 9.17) is 0 Å². The Kier molecular flexibility index (Phi) is 3.45. The summed E-state index contributed by atoms with van der Waals surface area (Å²) in [5, 5.41) is 11.8. The molecular weight excluding hydrogens is 272 g/mol. The van der Waals surface area contributed by atoms with Gasteiger partial charge in [0.25, 0.3) is 0 Å². The summed E-state index contributed by atoms with van der Waals surface area (Å²) in [6.45, 7) is 2.86. The highest BCUT2D eigenvalue weighted by Crippen LogP contribution is 2.23. The molecule has 3 N–H and O–H groups in total. The third-order valence-electron chi connectivity index (χ3n) is 4.77. The van der Waals surface area contributed by atoms with Crippen molar-refractivity contribution in [3.05, 3.63) is 71.4 Å². The molecule has 0 saturated carbocycles. The van der Waals surface area contributed by atoms with Crippen LogP contribution in [0.5, 0.6) is 0 Å². The van der Waals surface area contributed by atoms with Gasteiger partial charge in [0.2, 0.25) is 0 Å². The van der Waals surface area contributed by atoms with Crippen LogP contribution in [0.4, 0.5) is 0 Å². The molecule has 3 aromatic rings. The molecule has 1 aromatic heterocycles. The van der Waals surface area contributed by atoms with Crippen LogP contribution in [0.25, 0.3) is 10.9 Å². The molecule has 3 nitrogen and oxygen atoms in total. The van der Waals surface area contributed by atoms with E-state index in [1.165, 1.54) is 16.0 Å². The van der Waals surface area contributed by atoms with Crippen LogP contribution < -0.4 is 4.90 Å². The van der Waals surface area contributed by atoms with Gasteiger partial charge in [-0.05, 0) is 11.6 Å². The zero-order valence-corrected chi connectivity index (χ0v) is 12.5. The van der Waals surface area contributed by atoms with Gasteiger partial charge in [-0.3, -0.25) is 0 Å². The molecule has 0 bridgehead atoms. The fourth-order valence-electron chi connectivity index (χ4n) is 3.57. The topological polar surface area (TPSA) is 40.5 Å². The molecule has 0 saturated heterocycles. The SMILES string of the molecule is O[C@@H](C[NH+]1CCc2ccccc2C1)c1c[nH]c2ccccc12. The molecule has 112 valence electrons. The Labute approximate surface area is 130 Å². The molecule has 4 rings (SSSR count). The lowest BCUT2D eigenvalue weighted by Gasteiger charge is -2.27. The number of rotatable bonds is 3. The minimum atomic E-state index is -0.420. The zero-order chi connectivity index (χ0) is 14.9. The Morgan fingerprint density at radius 1 is 1.05 bits per heavy atom. The third kappa shape index (κ3) is 2.43. The number of fused-ring (bicyclic) bond motifs is 2. The van der Waals surface area contributed by atoms with Gasteiger partial charge in [0.05, 0.1) is 6.54 Å². The molecule has 0 fully saturated rings. The van der Waals surface area contributed by atoms with Crippen molar-refractivity contribution in [2.75, 3.05) is 13.1 Å².